The summed E-state index contributed by atoms with van der Waals surface area (Å²) < 4.78 is 68.7. The van der Waals surface area contributed by atoms with Gasteiger partial charge in [0.1, 0.15) is 19.3 Å². The van der Waals surface area contributed by atoms with Gasteiger partial charge in [-0.15, -0.1) is 0 Å². The summed E-state index contributed by atoms with van der Waals surface area (Å²) in [6.07, 6.45) is 97.4. The third-order valence-corrected chi connectivity index (χ3v) is 19.0. The highest BCUT2D eigenvalue weighted by Crippen LogP contribution is 2.45. The number of hydrogen-bond donors (Lipinski definition) is 3. The zero-order valence-electron chi connectivity index (χ0n) is 68.6. The highest BCUT2D eigenvalue weighted by atomic mass is 31.2. The minimum absolute atomic E-state index is 0.0662. The molecule has 0 saturated heterocycles. The summed E-state index contributed by atoms with van der Waals surface area (Å²) in [5.74, 6) is -2.27. The van der Waals surface area contributed by atoms with Gasteiger partial charge >= 0.3 is 39.5 Å². The molecule has 0 aliphatic heterocycles. The van der Waals surface area contributed by atoms with Crippen LogP contribution >= 0.6 is 15.6 Å². The van der Waals surface area contributed by atoms with Crippen LogP contribution in [-0.4, -0.2) is 96.7 Å². The molecule has 626 valence electrons. The number of aliphatic hydroxyl groups is 1. The zero-order chi connectivity index (χ0) is 80.3. The van der Waals surface area contributed by atoms with Crippen molar-refractivity contribution >= 4 is 39.5 Å². The van der Waals surface area contributed by atoms with Crippen LogP contribution in [0.1, 0.15) is 323 Å². The number of allylic oxidation sites excluding steroid dienone is 28. The molecule has 0 spiro atoms. The number of phosphoric ester groups is 2. The van der Waals surface area contributed by atoms with Gasteiger partial charge in [-0.25, -0.2) is 9.13 Å². The first-order valence-electron chi connectivity index (χ1n) is 42.4. The molecule has 19 heteroatoms. The molecule has 0 aromatic carbocycles. The van der Waals surface area contributed by atoms with Crippen LogP contribution < -0.4 is 0 Å². The molecular weight excluding hydrogens is 1430 g/mol. The number of carbonyl (C=O) groups is 4. The molecule has 110 heavy (non-hydrogen) atoms. The quantitative estimate of drug-likeness (QED) is 0.0169. The third kappa shape index (κ3) is 80.5. The Morgan fingerprint density at radius 2 is 0.473 bits per heavy atom. The molecular formula is C91H150O17P2. The van der Waals surface area contributed by atoms with Gasteiger partial charge in [0, 0.05) is 25.7 Å². The SMILES string of the molecule is CC/C=C\C/C=C\C/C=C\C/C=C\C/C=C\CCCCCC(=O)OCC(COP(=O)(O)OCC(O)COP(=O)(O)OCC(COC(=O)CCCCCC/C=C\C/C=C\C/C=C\C/C=C\CC)OC(=O)CCCCCCC/C=C\C/C=C\CCCCC)OC(=O)CCCCCCCC/C=C\C/C=C\C/C=C\CCCCC. The summed E-state index contributed by atoms with van der Waals surface area (Å²) in [5, 5.41) is 10.7. The molecule has 17 nitrogen and oxygen atoms in total. The standard InChI is InChI=1S/C91H150O17P2/c1-5-9-13-17-21-25-29-33-37-40-42-45-49-52-56-60-64-68-72-76-89(94)102-82-87(108-91(96)78-74-70-66-62-58-54-50-46-43-41-38-34-30-26-22-18-14-10-6-2)84-106-110(99,100)104-80-85(92)79-103-109(97,98)105-83-86(107-90(95)77-73-69-65-61-57-53-47-36-32-28-24-20-16-12-8-4)81-101-88(93)75-71-67-63-59-55-51-48-44-39-35-31-27-23-19-15-11-7-3/h9,11,13,15,21-28,33-39,42-43,45-48,51-52,56,85-87,92H,5-8,10,12,14,16-20,29-32,40-41,44,49-50,53-55,57-84H2,1-4H3,(H,97,98)(H,99,100)/b13-9-,15-11-,25-21-,26-22-,27-23-,28-24-,37-33-,38-34-,39-35-,45-42-,46-43-,47-36-,51-48-,56-52-. The lowest BCUT2D eigenvalue weighted by atomic mass is 10.1. The van der Waals surface area contributed by atoms with Crippen molar-refractivity contribution in [2.24, 2.45) is 0 Å². The summed E-state index contributed by atoms with van der Waals surface area (Å²) in [4.78, 5) is 73.3. The monoisotopic (exact) mass is 1580 g/mol. The first-order chi connectivity index (χ1) is 53.7. The Bertz CT molecular complexity index is 2750. The van der Waals surface area contributed by atoms with E-state index in [1.165, 1.54) is 38.5 Å². The number of esters is 4. The summed E-state index contributed by atoms with van der Waals surface area (Å²) in [6.45, 7) is 4.51. The van der Waals surface area contributed by atoms with Crippen LogP contribution in [0.5, 0.6) is 0 Å². The van der Waals surface area contributed by atoms with Crippen molar-refractivity contribution in [3.05, 3.63) is 170 Å². The second kappa shape index (κ2) is 81.4. The van der Waals surface area contributed by atoms with Crippen LogP contribution in [-0.2, 0) is 65.4 Å². The number of rotatable bonds is 78. The summed E-state index contributed by atoms with van der Waals surface area (Å²) in [7, 11) is -10.0. The lowest BCUT2D eigenvalue weighted by Gasteiger charge is -2.21. The van der Waals surface area contributed by atoms with Crippen LogP contribution in [0.15, 0.2) is 170 Å². The number of ether oxygens (including phenoxy) is 4. The molecule has 0 aromatic rings. The second-order valence-corrected chi connectivity index (χ2v) is 30.6. The van der Waals surface area contributed by atoms with E-state index in [0.29, 0.717) is 25.7 Å². The lowest BCUT2D eigenvalue weighted by molar-refractivity contribution is -0.161. The van der Waals surface area contributed by atoms with E-state index < -0.39 is 97.5 Å². The maximum Gasteiger partial charge on any atom is 0.472 e. The van der Waals surface area contributed by atoms with Crippen LogP contribution in [0.25, 0.3) is 0 Å². The van der Waals surface area contributed by atoms with Gasteiger partial charge in [0.05, 0.1) is 26.4 Å². The Morgan fingerprint density at radius 1 is 0.264 bits per heavy atom. The second-order valence-electron chi connectivity index (χ2n) is 27.6. The molecule has 0 rings (SSSR count). The third-order valence-electron chi connectivity index (χ3n) is 17.1. The summed E-state index contributed by atoms with van der Waals surface area (Å²) in [6, 6.07) is 0. The van der Waals surface area contributed by atoms with Gasteiger partial charge in [-0.05, 0) is 180 Å². The van der Waals surface area contributed by atoms with E-state index in [1.807, 2.05) is 0 Å². The smallest absolute Gasteiger partial charge is 0.462 e. The number of phosphoric acid groups is 2. The van der Waals surface area contributed by atoms with Crippen LogP contribution in [0.2, 0.25) is 0 Å². The normalized spacial score (nSPS) is 14.6. The number of hydrogen-bond acceptors (Lipinski definition) is 15. The molecule has 0 amide bonds. The number of aliphatic hydroxyl groups excluding tert-OH is 1. The first kappa shape index (κ1) is 104. The number of carbonyl (C=O) groups excluding carboxylic acids is 4. The Morgan fingerprint density at radius 3 is 0.736 bits per heavy atom. The molecule has 0 radical (unpaired) electrons. The van der Waals surface area contributed by atoms with Gasteiger partial charge in [-0.1, -0.05) is 288 Å². The summed E-state index contributed by atoms with van der Waals surface area (Å²) >= 11 is 0. The highest BCUT2D eigenvalue weighted by Gasteiger charge is 2.30. The van der Waals surface area contributed by atoms with Gasteiger partial charge in [-0.3, -0.25) is 37.3 Å². The van der Waals surface area contributed by atoms with Crippen molar-refractivity contribution in [2.45, 2.75) is 341 Å². The van der Waals surface area contributed by atoms with Crippen molar-refractivity contribution in [3.8, 4) is 0 Å². The molecule has 0 heterocycles. The Hall–Kier alpha value is -5.58. The van der Waals surface area contributed by atoms with Gasteiger partial charge < -0.3 is 33.8 Å². The Kier molecular flexibility index (Phi) is 77.3. The molecule has 3 N–H and O–H groups in total. The van der Waals surface area contributed by atoms with Crippen LogP contribution in [0.4, 0.5) is 0 Å². The van der Waals surface area contributed by atoms with Crippen LogP contribution in [0, 0.1) is 0 Å². The van der Waals surface area contributed by atoms with Crippen molar-refractivity contribution in [1.29, 1.82) is 0 Å². The van der Waals surface area contributed by atoms with Gasteiger partial charge in [-0.2, -0.15) is 0 Å². The minimum Gasteiger partial charge on any atom is -0.462 e. The van der Waals surface area contributed by atoms with Crippen molar-refractivity contribution in [1.82, 2.24) is 0 Å². The molecule has 0 fully saturated rings. The predicted octanol–water partition coefficient (Wildman–Crippen LogP) is 25.3. The van der Waals surface area contributed by atoms with Crippen molar-refractivity contribution < 1.29 is 80.2 Å². The van der Waals surface area contributed by atoms with E-state index in [1.54, 1.807) is 0 Å². The fourth-order valence-corrected chi connectivity index (χ4v) is 12.3. The van der Waals surface area contributed by atoms with E-state index in [4.69, 9.17) is 37.0 Å². The van der Waals surface area contributed by atoms with E-state index in [-0.39, 0.29) is 25.7 Å². The largest absolute Gasteiger partial charge is 0.472 e. The fraction of sp³-hybridized carbons (Fsp3) is 0.648. The highest BCUT2D eigenvalue weighted by molar-refractivity contribution is 7.47. The number of unbranched alkanes of at least 4 members (excludes halogenated alkanes) is 24. The Labute approximate surface area is 667 Å². The molecule has 0 bridgehead atoms. The fourth-order valence-electron chi connectivity index (χ4n) is 10.7. The van der Waals surface area contributed by atoms with Gasteiger partial charge in [0.2, 0.25) is 0 Å². The topological polar surface area (TPSA) is 237 Å². The van der Waals surface area contributed by atoms with E-state index >= 15 is 0 Å². The van der Waals surface area contributed by atoms with E-state index in [2.05, 4.69) is 198 Å². The maximum atomic E-state index is 13.1. The van der Waals surface area contributed by atoms with Crippen molar-refractivity contribution in [2.75, 3.05) is 39.6 Å². The average molecular weight is 1580 g/mol. The average Bonchev–Trinajstić information content (AvgIpc) is 0.900. The minimum atomic E-state index is -5.00. The zero-order valence-corrected chi connectivity index (χ0v) is 70.4. The molecule has 0 aliphatic rings. The van der Waals surface area contributed by atoms with E-state index in [0.717, 1.165) is 205 Å². The summed E-state index contributed by atoms with van der Waals surface area (Å²) in [5.41, 5.74) is 0. The van der Waals surface area contributed by atoms with Gasteiger partial charge in [0.25, 0.3) is 0 Å². The molecule has 5 unspecified atom stereocenters. The van der Waals surface area contributed by atoms with Crippen LogP contribution in [0.3, 0.4) is 0 Å². The van der Waals surface area contributed by atoms with Gasteiger partial charge in [0.15, 0.2) is 12.2 Å². The maximum absolute atomic E-state index is 13.1. The van der Waals surface area contributed by atoms with E-state index in [9.17, 15) is 43.2 Å². The Balaban J connectivity index is 5.47. The predicted molar refractivity (Wildman–Crippen MR) is 454 cm³/mol. The molecule has 0 aliphatic carbocycles. The first-order valence-corrected chi connectivity index (χ1v) is 45.4. The molecule has 0 aromatic heterocycles. The molecule has 5 atom stereocenters. The van der Waals surface area contributed by atoms with Crippen molar-refractivity contribution in [3.63, 3.8) is 0 Å². The molecule has 0 saturated carbocycles. The lowest BCUT2D eigenvalue weighted by Crippen LogP contribution is -2.30.